The Kier molecular flexibility index (Phi) is 6.80. The number of carbonyl (C=O) groups excluding carboxylic acids is 2. The van der Waals surface area contributed by atoms with Gasteiger partial charge < -0.3 is 19.9 Å². The molecule has 0 atom stereocenters. The largest absolute Gasteiger partial charge is 0.490 e. The van der Waals surface area contributed by atoms with Gasteiger partial charge in [-0.05, 0) is 54.5 Å². The minimum atomic E-state index is -0.0863. The molecule has 2 aliphatic heterocycles. The number of likely N-dealkylation sites (tertiary alicyclic amines) is 1. The molecule has 166 valence electrons. The second-order valence-corrected chi connectivity index (χ2v) is 9.49. The molecule has 2 aromatic rings. The van der Waals surface area contributed by atoms with Gasteiger partial charge in [-0.2, -0.15) is 0 Å². The van der Waals surface area contributed by atoms with E-state index in [1.165, 1.54) is 16.0 Å². The molecule has 31 heavy (non-hydrogen) atoms. The molecule has 1 saturated heterocycles. The average molecular weight is 442 g/mol. The lowest BCUT2D eigenvalue weighted by Crippen LogP contribution is -2.47. The molecule has 0 saturated carbocycles. The van der Waals surface area contributed by atoms with Crippen LogP contribution in [-0.2, 0) is 17.8 Å². The third kappa shape index (κ3) is 5.39. The maximum absolute atomic E-state index is 12.5. The first-order chi connectivity index (χ1) is 15.0. The molecule has 1 aromatic heterocycles. The van der Waals surface area contributed by atoms with Crippen molar-refractivity contribution in [1.82, 2.24) is 15.1 Å². The maximum Gasteiger partial charge on any atom is 0.317 e. The molecule has 2 aliphatic rings. The molecule has 3 heterocycles. The van der Waals surface area contributed by atoms with Gasteiger partial charge in [-0.3, -0.25) is 4.79 Å². The molecular formula is C24H31N3O3S. The summed E-state index contributed by atoms with van der Waals surface area (Å²) in [6.07, 6.45) is 3.04. The van der Waals surface area contributed by atoms with Crippen LogP contribution < -0.4 is 10.1 Å². The Labute approximate surface area is 188 Å². The van der Waals surface area contributed by atoms with Crippen molar-refractivity contribution in [3.63, 3.8) is 0 Å². The number of ether oxygens (including phenoxy) is 1. The number of piperidine rings is 1. The fourth-order valence-electron chi connectivity index (χ4n) is 4.20. The minimum Gasteiger partial charge on any atom is -0.490 e. The first kappa shape index (κ1) is 21.7. The quantitative estimate of drug-likeness (QED) is 0.766. The highest BCUT2D eigenvalue weighted by molar-refractivity contribution is 7.10. The van der Waals surface area contributed by atoms with Crippen molar-refractivity contribution < 1.29 is 14.3 Å². The number of thiophene rings is 1. The van der Waals surface area contributed by atoms with Crippen LogP contribution >= 0.6 is 11.3 Å². The standard InChI is InChI=1S/C24H31N3O3S/c1-17-3-4-18(2)21(15-17)30-20-6-11-26(12-7-20)24(29)25-10-5-23(28)27-13-8-22-19(16-27)9-14-31-22/h3-4,9,14-15,20H,5-8,10-13,16H2,1-2H3,(H,25,29). The van der Waals surface area contributed by atoms with Crippen LogP contribution in [0.2, 0.25) is 0 Å². The predicted molar refractivity (Wildman–Crippen MR) is 123 cm³/mol. The number of benzene rings is 1. The number of rotatable bonds is 5. The number of hydrogen-bond acceptors (Lipinski definition) is 4. The van der Waals surface area contributed by atoms with Crippen molar-refractivity contribution >= 4 is 23.3 Å². The Morgan fingerprint density at radius 3 is 2.74 bits per heavy atom. The van der Waals surface area contributed by atoms with E-state index in [9.17, 15) is 9.59 Å². The second kappa shape index (κ2) is 9.73. The van der Waals surface area contributed by atoms with E-state index in [0.29, 0.717) is 32.6 Å². The molecule has 1 aromatic carbocycles. The smallest absolute Gasteiger partial charge is 0.317 e. The minimum absolute atomic E-state index is 0.0863. The summed E-state index contributed by atoms with van der Waals surface area (Å²) in [5.74, 6) is 1.05. The van der Waals surface area contributed by atoms with Crippen LogP contribution in [0.25, 0.3) is 0 Å². The van der Waals surface area contributed by atoms with Crippen molar-refractivity contribution in [3.05, 3.63) is 51.2 Å². The van der Waals surface area contributed by atoms with Crippen LogP contribution in [0.4, 0.5) is 4.79 Å². The highest BCUT2D eigenvalue weighted by atomic mass is 32.1. The molecule has 0 unspecified atom stereocenters. The summed E-state index contributed by atoms with van der Waals surface area (Å²) in [5, 5.41) is 5.01. The molecule has 0 spiro atoms. The van der Waals surface area contributed by atoms with Crippen molar-refractivity contribution in [2.24, 2.45) is 0 Å². The normalized spacial score (nSPS) is 16.7. The molecule has 1 N–H and O–H groups in total. The van der Waals surface area contributed by atoms with Gasteiger partial charge in [0.25, 0.3) is 0 Å². The average Bonchev–Trinajstić information content (AvgIpc) is 3.24. The van der Waals surface area contributed by atoms with E-state index >= 15 is 0 Å². The summed E-state index contributed by atoms with van der Waals surface area (Å²) >= 11 is 1.77. The van der Waals surface area contributed by atoms with Gasteiger partial charge in [0.05, 0.1) is 0 Å². The van der Waals surface area contributed by atoms with Crippen molar-refractivity contribution in [3.8, 4) is 5.75 Å². The van der Waals surface area contributed by atoms with Crippen LogP contribution in [0.1, 0.15) is 40.8 Å². The van der Waals surface area contributed by atoms with Gasteiger partial charge in [-0.1, -0.05) is 12.1 Å². The van der Waals surface area contributed by atoms with Crippen LogP contribution in [0, 0.1) is 13.8 Å². The van der Waals surface area contributed by atoms with Crippen molar-refractivity contribution in [2.75, 3.05) is 26.2 Å². The van der Waals surface area contributed by atoms with Gasteiger partial charge >= 0.3 is 6.03 Å². The predicted octanol–water partition coefficient (Wildman–Crippen LogP) is 3.89. The Morgan fingerprint density at radius 2 is 1.94 bits per heavy atom. The topological polar surface area (TPSA) is 61.9 Å². The lowest BCUT2D eigenvalue weighted by molar-refractivity contribution is -0.131. The van der Waals surface area contributed by atoms with Gasteiger partial charge in [0.2, 0.25) is 5.91 Å². The van der Waals surface area contributed by atoms with E-state index in [0.717, 1.165) is 37.1 Å². The fourth-order valence-corrected chi connectivity index (χ4v) is 5.09. The number of fused-ring (bicyclic) bond motifs is 1. The van der Waals surface area contributed by atoms with E-state index in [2.05, 4.69) is 48.8 Å². The summed E-state index contributed by atoms with van der Waals surface area (Å²) in [6.45, 7) is 7.30. The molecule has 6 nitrogen and oxygen atoms in total. The molecule has 3 amide bonds. The molecule has 4 rings (SSSR count). The zero-order chi connectivity index (χ0) is 21.8. The summed E-state index contributed by atoms with van der Waals surface area (Å²) in [6, 6.07) is 8.26. The lowest BCUT2D eigenvalue weighted by atomic mass is 10.1. The summed E-state index contributed by atoms with van der Waals surface area (Å²) in [4.78, 5) is 30.1. The van der Waals surface area contributed by atoms with E-state index < -0.39 is 0 Å². The van der Waals surface area contributed by atoms with Gasteiger partial charge in [0, 0.05) is 56.9 Å². The highest BCUT2D eigenvalue weighted by Crippen LogP contribution is 2.25. The third-order valence-corrected chi connectivity index (χ3v) is 7.16. The van der Waals surface area contributed by atoms with Crippen LogP contribution in [0.5, 0.6) is 5.75 Å². The van der Waals surface area contributed by atoms with Crippen molar-refractivity contribution in [1.29, 1.82) is 0 Å². The number of amides is 3. The number of urea groups is 1. The monoisotopic (exact) mass is 441 g/mol. The van der Waals surface area contributed by atoms with E-state index in [-0.39, 0.29) is 18.0 Å². The van der Waals surface area contributed by atoms with Crippen molar-refractivity contribution in [2.45, 2.75) is 52.2 Å². The Bertz CT molecular complexity index is 934. The Hall–Kier alpha value is -2.54. The first-order valence-corrected chi connectivity index (χ1v) is 12.0. The van der Waals surface area contributed by atoms with Crippen LogP contribution in [0.3, 0.4) is 0 Å². The van der Waals surface area contributed by atoms with E-state index in [1.807, 2.05) is 9.80 Å². The highest BCUT2D eigenvalue weighted by Gasteiger charge is 2.25. The van der Waals surface area contributed by atoms with E-state index in [1.54, 1.807) is 11.3 Å². The number of nitrogens with zero attached hydrogens (tertiary/aromatic N) is 2. The number of aryl methyl sites for hydroxylation is 2. The first-order valence-electron chi connectivity index (χ1n) is 11.1. The molecule has 1 fully saturated rings. The van der Waals surface area contributed by atoms with Gasteiger partial charge in [0.15, 0.2) is 0 Å². The van der Waals surface area contributed by atoms with Gasteiger partial charge in [0.1, 0.15) is 11.9 Å². The SMILES string of the molecule is Cc1ccc(C)c(OC2CCN(C(=O)NCCC(=O)N3CCc4sccc4C3)CC2)c1. The number of nitrogens with one attached hydrogen (secondary N) is 1. The second-order valence-electron chi connectivity index (χ2n) is 8.49. The molecular weight excluding hydrogens is 410 g/mol. The third-order valence-electron chi connectivity index (χ3n) is 6.14. The summed E-state index contributed by atoms with van der Waals surface area (Å²) in [5.41, 5.74) is 3.59. The maximum atomic E-state index is 12.5. The van der Waals surface area contributed by atoms with Gasteiger partial charge in [-0.25, -0.2) is 4.79 Å². The molecule has 0 aliphatic carbocycles. The lowest BCUT2D eigenvalue weighted by Gasteiger charge is -2.32. The Morgan fingerprint density at radius 1 is 1.13 bits per heavy atom. The molecule has 7 heteroatoms. The fraction of sp³-hybridized carbons (Fsp3) is 0.500. The van der Waals surface area contributed by atoms with Crippen LogP contribution in [0.15, 0.2) is 29.6 Å². The molecule has 0 bridgehead atoms. The number of hydrogen-bond donors (Lipinski definition) is 1. The molecule has 0 radical (unpaired) electrons. The van der Waals surface area contributed by atoms with Gasteiger partial charge in [-0.15, -0.1) is 11.3 Å². The van der Waals surface area contributed by atoms with E-state index in [4.69, 9.17) is 4.74 Å². The summed E-state index contributed by atoms with van der Waals surface area (Å²) < 4.78 is 6.19. The zero-order valence-corrected chi connectivity index (χ0v) is 19.2. The Balaban J connectivity index is 1.17. The van der Waals surface area contributed by atoms with Crippen LogP contribution in [-0.4, -0.2) is 54.0 Å². The zero-order valence-electron chi connectivity index (χ0n) is 18.4. The number of carbonyl (C=O) groups is 2. The summed E-state index contributed by atoms with van der Waals surface area (Å²) in [7, 11) is 0.